The van der Waals surface area contributed by atoms with Gasteiger partial charge in [0.15, 0.2) is 0 Å². The molecule has 0 N–H and O–H groups in total. The van der Waals surface area contributed by atoms with Crippen LogP contribution in [0.4, 0.5) is 0 Å². The van der Waals surface area contributed by atoms with Crippen LogP contribution in [0.1, 0.15) is 13.8 Å². The van der Waals surface area contributed by atoms with Crippen molar-refractivity contribution in [2.75, 3.05) is 13.6 Å². The second-order valence-corrected chi connectivity index (χ2v) is 2.82. The summed E-state index contributed by atoms with van der Waals surface area (Å²) in [4.78, 5) is 2.11. The number of allylic oxidation sites excluding steroid dienone is 1. The Bertz CT molecular complexity index is 125. The predicted octanol–water partition coefficient (Wildman–Crippen LogP) is 2.27. The van der Waals surface area contributed by atoms with Crippen molar-refractivity contribution >= 4 is 0 Å². The lowest BCUT2D eigenvalue weighted by Crippen LogP contribution is -2.19. The number of hydrogen-bond donors (Lipinski definition) is 0. The summed E-state index contributed by atoms with van der Waals surface area (Å²) in [7, 11) is 2.03. The van der Waals surface area contributed by atoms with E-state index in [0.717, 1.165) is 6.54 Å². The summed E-state index contributed by atoms with van der Waals surface area (Å²) in [5, 5.41) is 0. The first-order valence-corrected chi connectivity index (χ1v) is 3.60. The van der Waals surface area contributed by atoms with Gasteiger partial charge in [-0.2, -0.15) is 0 Å². The van der Waals surface area contributed by atoms with E-state index in [2.05, 4.69) is 31.9 Å². The third-order valence-corrected chi connectivity index (χ3v) is 1.56. The van der Waals surface area contributed by atoms with Crippen LogP contribution in [0, 0.1) is 5.92 Å². The maximum absolute atomic E-state index is 3.95. The number of likely N-dealkylation sites (N-methyl/N-ethyl adjacent to an activating group) is 1. The van der Waals surface area contributed by atoms with Crippen molar-refractivity contribution in [1.29, 1.82) is 0 Å². The molecule has 0 spiro atoms. The van der Waals surface area contributed by atoms with Crippen molar-refractivity contribution in [3.8, 4) is 0 Å². The highest BCUT2D eigenvalue weighted by Crippen LogP contribution is 2.09. The molecule has 0 amide bonds. The van der Waals surface area contributed by atoms with Gasteiger partial charge >= 0.3 is 0 Å². The highest BCUT2D eigenvalue weighted by molar-refractivity contribution is 4.97. The largest absolute Gasteiger partial charge is 0.374 e. The topological polar surface area (TPSA) is 3.24 Å². The third-order valence-electron chi connectivity index (χ3n) is 1.56. The van der Waals surface area contributed by atoms with Crippen LogP contribution in [-0.4, -0.2) is 18.5 Å². The molecule has 0 radical (unpaired) electrons. The van der Waals surface area contributed by atoms with Crippen molar-refractivity contribution < 1.29 is 0 Å². The molecule has 0 heterocycles. The summed E-state index contributed by atoms with van der Waals surface area (Å²) >= 11 is 0. The quantitative estimate of drug-likeness (QED) is 0.540. The van der Waals surface area contributed by atoms with Crippen molar-refractivity contribution in [1.82, 2.24) is 4.90 Å². The number of rotatable bonds is 4. The molecule has 1 nitrogen and oxygen atoms in total. The van der Waals surface area contributed by atoms with E-state index in [1.165, 1.54) is 5.70 Å². The molecule has 0 aromatic carbocycles. The average molecular weight is 139 g/mol. The van der Waals surface area contributed by atoms with Gasteiger partial charge in [-0.15, -0.1) is 6.58 Å². The molecule has 0 fully saturated rings. The van der Waals surface area contributed by atoms with Gasteiger partial charge in [-0.1, -0.05) is 26.5 Å². The lowest BCUT2D eigenvalue weighted by molar-refractivity contribution is 0.413. The molecular formula is C9H17N. The molecule has 0 aromatic rings. The Balaban J connectivity index is 3.81. The minimum Gasteiger partial charge on any atom is -0.374 e. The van der Waals surface area contributed by atoms with Gasteiger partial charge in [0, 0.05) is 19.3 Å². The summed E-state index contributed by atoms with van der Waals surface area (Å²) in [6, 6.07) is 0. The van der Waals surface area contributed by atoms with E-state index in [9.17, 15) is 0 Å². The second-order valence-electron chi connectivity index (χ2n) is 2.82. The van der Waals surface area contributed by atoms with Crippen molar-refractivity contribution in [2.24, 2.45) is 5.92 Å². The molecule has 0 aliphatic heterocycles. The van der Waals surface area contributed by atoms with Gasteiger partial charge < -0.3 is 4.90 Å². The zero-order valence-corrected chi connectivity index (χ0v) is 7.22. The van der Waals surface area contributed by atoms with E-state index in [0.29, 0.717) is 5.92 Å². The molecule has 0 saturated carbocycles. The van der Waals surface area contributed by atoms with E-state index in [1.54, 1.807) is 0 Å². The molecule has 0 aliphatic rings. The molecule has 58 valence electrons. The summed E-state index contributed by atoms with van der Waals surface area (Å²) in [6.45, 7) is 12.8. The molecular weight excluding hydrogens is 122 g/mol. The third kappa shape index (κ3) is 2.72. The molecule has 0 unspecified atom stereocenters. The Morgan fingerprint density at radius 3 is 2.40 bits per heavy atom. The molecule has 10 heavy (non-hydrogen) atoms. The van der Waals surface area contributed by atoms with Crippen LogP contribution >= 0.6 is 0 Å². The van der Waals surface area contributed by atoms with Gasteiger partial charge in [0.05, 0.1) is 0 Å². The molecule has 0 aromatic heterocycles. The zero-order valence-electron chi connectivity index (χ0n) is 7.22. The summed E-state index contributed by atoms with van der Waals surface area (Å²) in [5.74, 6) is 0.532. The van der Waals surface area contributed by atoms with Crippen LogP contribution in [0.5, 0.6) is 0 Å². The monoisotopic (exact) mass is 139 g/mol. The first-order chi connectivity index (χ1) is 4.59. The number of nitrogens with zero attached hydrogens (tertiary/aromatic N) is 1. The smallest absolute Gasteiger partial charge is 0.0350 e. The first kappa shape index (κ1) is 9.28. The van der Waals surface area contributed by atoms with Crippen molar-refractivity contribution in [2.45, 2.75) is 13.8 Å². The molecule has 0 rings (SSSR count). The van der Waals surface area contributed by atoms with Crippen molar-refractivity contribution in [3.05, 3.63) is 24.9 Å². The summed E-state index contributed by atoms with van der Waals surface area (Å²) < 4.78 is 0. The van der Waals surface area contributed by atoms with E-state index < -0.39 is 0 Å². The van der Waals surface area contributed by atoms with Crippen LogP contribution in [0.2, 0.25) is 0 Å². The Morgan fingerprint density at radius 2 is 2.10 bits per heavy atom. The Morgan fingerprint density at radius 1 is 1.60 bits per heavy atom. The van der Waals surface area contributed by atoms with Crippen LogP contribution < -0.4 is 0 Å². The fourth-order valence-electron chi connectivity index (χ4n) is 0.752. The van der Waals surface area contributed by atoms with Gasteiger partial charge in [0.25, 0.3) is 0 Å². The van der Waals surface area contributed by atoms with E-state index in [1.807, 2.05) is 13.1 Å². The van der Waals surface area contributed by atoms with Gasteiger partial charge in [-0.25, -0.2) is 0 Å². The molecule has 0 saturated heterocycles. The Labute approximate surface area is 64.0 Å². The predicted molar refractivity (Wildman–Crippen MR) is 46.8 cm³/mol. The van der Waals surface area contributed by atoms with Crippen LogP contribution in [0.25, 0.3) is 0 Å². The zero-order chi connectivity index (χ0) is 8.15. The normalized spacial score (nSPS) is 9.60. The Kier molecular flexibility index (Phi) is 3.85. The minimum atomic E-state index is 0.532. The summed E-state index contributed by atoms with van der Waals surface area (Å²) in [5.41, 5.74) is 1.17. The van der Waals surface area contributed by atoms with E-state index in [-0.39, 0.29) is 0 Å². The van der Waals surface area contributed by atoms with Crippen LogP contribution in [-0.2, 0) is 0 Å². The fourth-order valence-corrected chi connectivity index (χ4v) is 0.752. The van der Waals surface area contributed by atoms with Gasteiger partial charge in [0.2, 0.25) is 0 Å². The second kappa shape index (κ2) is 4.15. The maximum atomic E-state index is 3.95. The fraction of sp³-hybridized carbons (Fsp3) is 0.556. The lowest BCUT2D eigenvalue weighted by Gasteiger charge is -2.22. The molecule has 0 atom stereocenters. The molecule has 0 bridgehead atoms. The lowest BCUT2D eigenvalue weighted by atomic mass is 10.1. The van der Waals surface area contributed by atoms with Gasteiger partial charge in [0.1, 0.15) is 0 Å². The Hall–Kier alpha value is -0.720. The molecule has 0 aliphatic carbocycles. The van der Waals surface area contributed by atoms with Crippen LogP contribution in [0.3, 0.4) is 0 Å². The molecule has 1 heteroatoms. The van der Waals surface area contributed by atoms with E-state index >= 15 is 0 Å². The van der Waals surface area contributed by atoms with Gasteiger partial charge in [-0.3, -0.25) is 0 Å². The van der Waals surface area contributed by atoms with Crippen molar-refractivity contribution in [3.63, 3.8) is 0 Å². The maximum Gasteiger partial charge on any atom is 0.0350 e. The van der Waals surface area contributed by atoms with E-state index in [4.69, 9.17) is 0 Å². The minimum absolute atomic E-state index is 0.532. The highest BCUT2D eigenvalue weighted by atomic mass is 15.1. The summed E-state index contributed by atoms with van der Waals surface area (Å²) in [6.07, 6.45) is 1.88. The SMILES string of the molecule is C=CCN(C)C(=C)C(C)C. The van der Waals surface area contributed by atoms with Gasteiger partial charge in [-0.05, 0) is 5.92 Å². The van der Waals surface area contributed by atoms with Crippen LogP contribution in [0.15, 0.2) is 24.9 Å². The average Bonchev–Trinajstić information content (AvgIpc) is 1.87. The standard InChI is InChI=1S/C9H17N/c1-6-7-10(5)9(4)8(2)3/h6,8H,1,4,7H2,2-3,5H3. The first-order valence-electron chi connectivity index (χ1n) is 3.60. The number of hydrogen-bond acceptors (Lipinski definition) is 1. The highest BCUT2D eigenvalue weighted by Gasteiger charge is 2.02.